The van der Waals surface area contributed by atoms with Crippen LogP contribution in [0.3, 0.4) is 0 Å². The van der Waals surface area contributed by atoms with Crippen LogP contribution in [0.25, 0.3) is 0 Å². The molecule has 1 aromatic carbocycles. The Hall–Kier alpha value is 0.130. The second-order valence-electron chi connectivity index (χ2n) is 3.32. The van der Waals surface area contributed by atoms with Crippen molar-refractivity contribution in [3.63, 3.8) is 0 Å². The van der Waals surface area contributed by atoms with Gasteiger partial charge in [-0.25, -0.2) is 0 Å². The predicted molar refractivity (Wildman–Crippen MR) is 77.2 cm³/mol. The van der Waals surface area contributed by atoms with Crippen LogP contribution in [0.15, 0.2) is 37.9 Å². The fourth-order valence-electron chi connectivity index (χ4n) is 1.43. The molecule has 1 heterocycles. The molecule has 0 radical (unpaired) electrons. The Kier molecular flexibility index (Phi) is 4.08. The molecule has 0 aliphatic heterocycles. The summed E-state index contributed by atoms with van der Waals surface area (Å²) in [5, 5.41) is 4.76. The lowest BCUT2D eigenvalue weighted by molar-refractivity contribution is 0.866. The highest BCUT2D eigenvalue weighted by Gasteiger charge is 2.15. The molecule has 16 heavy (non-hydrogen) atoms. The van der Waals surface area contributed by atoms with Crippen LogP contribution < -0.4 is 5.73 Å². The van der Waals surface area contributed by atoms with Crippen molar-refractivity contribution >= 4 is 54.8 Å². The van der Waals surface area contributed by atoms with E-state index < -0.39 is 0 Å². The van der Waals surface area contributed by atoms with E-state index in [0.29, 0.717) is 5.02 Å². The third kappa shape index (κ3) is 2.51. The molecule has 0 aliphatic rings. The van der Waals surface area contributed by atoms with Crippen LogP contribution in [0.1, 0.15) is 17.2 Å². The highest BCUT2D eigenvalue weighted by molar-refractivity contribution is 9.10. The van der Waals surface area contributed by atoms with Gasteiger partial charge in [0.15, 0.2) is 0 Å². The topological polar surface area (TPSA) is 26.0 Å². The summed E-state index contributed by atoms with van der Waals surface area (Å²) in [5.41, 5.74) is 8.29. The van der Waals surface area contributed by atoms with Crippen molar-refractivity contribution in [3.05, 3.63) is 54.1 Å². The zero-order valence-corrected chi connectivity index (χ0v) is 12.8. The third-order valence-corrected chi connectivity index (χ3v) is 4.98. The van der Waals surface area contributed by atoms with Gasteiger partial charge in [0.1, 0.15) is 0 Å². The van der Waals surface area contributed by atoms with Gasteiger partial charge in [-0.15, -0.1) is 0 Å². The maximum absolute atomic E-state index is 6.22. The Labute approximate surface area is 120 Å². The number of rotatable bonds is 2. The van der Waals surface area contributed by atoms with Crippen LogP contribution in [0.2, 0.25) is 5.02 Å². The molecular weight excluding hydrogens is 373 g/mol. The van der Waals surface area contributed by atoms with Gasteiger partial charge in [-0.1, -0.05) is 27.5 Å². The minimum absolute atomic E-state index is 0.173. The minimum atomic E-state index is -0.173. The van der Waals surface area contributed by atoms with E-state index in [1.165, 1.54) is 0 Å². The first kappa shape index (κ1) is 12.6. The second-order valence-corrected chi connectivity index (χ2v) is 6.21. The summed E-state index contributed by atoms with van der Waals surface area (Å²) < 4.78 is 2.01. The van der Waals surface area contributed by atoms with Gasteiger partial charge in [0.25, 0.3) is 0 Å². The molecule has 0 fully saturated rings. The van der Waals surface area contributed by atoms with Crippen LogP contribution in [0.5, 0.6) is 0 Å². The van der Waals surface area contributed by atoms with Crippen LogP contribution in [-0.4, -0.2) is 0 Å². The Balaban J connectivity index is 2.45. The zero-order chi connectivity index (χ0) is 11.7. The molecule has 2 aromatic rings. The van der Waals surface area contributed by atoms with Crippen LogP contribution >= 0.6 is 54.8 Å². The van der Waals surface area contributed by atoms with Gasteiger partial charge in [-0.05, 0) is 50.6 Å². The molecule has 1 atom stereocenters. The lowest BCUT2D eigenvalue weighted by Gasteiger charge is -2.13. The molecular formula is C11H8Br2ClNS. The lowest BCUT2D eigenvalue weighted by Crippen LogP contribution is -2.12. The first-order valence-corrected chi connectivity index (χ1v) is 7.42. The van der Waals surface area contributed by atoms with Crippen molar-refractivity contribution in [1.82, 2.24) is 0 Å². The molecule has 2 rings (SSSR count). The molecule has 0 saturated heterocycles. The largest absolute Gasteiger partial charge is 0.320 e. The number of thiophene rings is 1. The zero-order valence-electron chi connectivity index (χ0n) is 8.08. The van der Waals surface area contributed by atoms with E-state index in [2.05, 4.69) is 31.9 Å². The van der Waals surface area contributed by atoms with Crippen molar-refractivity contribution < 1.29 is 0 Å². The number of nitrogens with two attached hydrogens (primary N) is 1. The average molecular weight is 382 g/mol. The van der Waals surface area contributed by atoms with E-state index in [0.717, 1.165) is 20.1 Å². The van der Waals surface area contributed by atoms with Gasteiger partial charge in [-0.2, -0.15) is 11.3 Å². The van der Waals surface area contributed by atoms with Crippen molar-refractivity contribution in [2.24, 2.45) is 5.73 Å². The van der Waals surface area contributed by atoms with Gasteiger partial charge in [0.05, 0.1) is 6.04 Å². The standard InChI is InChI=1S/C11H8Br2ClNS/c12-9-2-1-6(14)3-7(9)11(15)8-4-16-5-10(8)13/h1-5,11H,15H2. The average Bonchev–Trinajstić information content (AvgIpc) is 2.67. The summed E-state index contributed by atoms with van der Waals surface area (Å²) in [6.45, 7) is 0. The van der Waals surface area contributed by atoms with E-state index in [1.807, 2.05) is 29.0 Å². The first-order chi connectivity index (χ1) is 7.59. The quantitative estimate of drug-likeness (QED) is 0.780. The highest BCUT2D eigenvalue weighted by Crippen LogP contribution is 2.34. The van der Waals surface area contributed by atoms with Crippen molar-refractivity contribution in [2.75, 3.05) is 0 Å². The Morgan fingerprint density at radius 2 is 1.88 bits per heavy atom. The Morgan fingerprint density at radius 3 is 2.50 bits per heavy atom. The molecule has 0 spiro atoms. The van der Waals surface area contributed by atoms with E-state index in [1.54, 1.807) is 11.3 Å². The van der Waals surface area contributed by atoms with E-state index in [4.69, 9.17) is 17.3 Å². The smallest absolute Gasteiger partial charge is 0.0582 e. The van der Waals surface area contributed by atoms with Gasteiger partial charge in [-0.3, -0.25) is 0 Å². The number of hydrogen-bond donors (Lipinski definition) is 1. The SMILES string of the molecule is NC(c1cscc1Br)c1cc(Cl)ccc1Br. The molecule has 0 amide bonds. The summed E-state index contributed by atoms with van der Waals surface area (Å²) in [4.78, 5) is 0. The number of halogens is 3. The van der Waals surface area contributed by atoms with E-state index in [9.17, 15) is 0 Å². The van der Waals surface area contributed by atoms with E-state index >= 15 is 0 Å². The number of hydrogen-bond acceptors (Lipinski definition) is 2. The lowest BCUT2D eigenvalue weighted by atomic mass is 10.0. The molecule has 2 N–H and O–H groups in total. The van der Waals surface area contributed by atoms with Crippen LogP contribution in [-0.2, 0) is 0 Å². The van der Waals surface area contributed by atoms with Crippen molar-refractivity contribution in [3.8, 4) is 0 Å². The Bertz CT molecular complexity index is 512. The summed E-state index contributed by atoms with van der Waals surface area (Å²) in [6.07, 6.45) is 0. The van der Waals surface area contributed by atoms with Crippen LogP contribution in [0.4, 0.5) is 0 Å². The monoisotopic (exact) mass is 379 g/mol. The summed E-state index contributed by atoms with van der Waals surface area (Å²) in [7, 11) is 0. The summed E-state index contributed by atoms with van der Waals surface area (Å²) >= 11 is 14.6. The molecule has 0 aliphatic carbocycles. The molecule has 0 saturated carbocycles. The highest BCUT2D eigenvalue weighted by atomic mass is 79.9. The first-order valence-electron chi connectivity index (χ1n) is 4.51. The molecule has 1 nitrogen and oxygen atoms in total. The second kappa shape index (κ2) is 5.19. The molecule has 1 aromatic heterocycles. The van der Waals surface area contributed by atoms with Crippen molar-refractivity contribution in [1.29, 1.82) is 0 Å². The fourth-order valence-corrected chi connectivity index (χ4v) is 3.69. The predicted octanol–water partition coefficient (Wildman–Crippen LogP) is 4.97. The fraction of sp³-hybridized carbons (Fsp3) is 0.0909. The van der Waals surface area contributed by atoms with Crippen LogP contribution in [0, 0.1) is 0 Å². The summed E-state index contributed by atoms with van der Waals surface area (Å²) in [6, 6.07) is 5.47. The Morgan fingerprint density at radius 1 is 1.12 bits per heavy atom. The normalized spacial score (nSPS) is 12.8. The number of benzene rings is 1. The minimum Gasteiger partial charge on any atom is -0.320 e. The maximum Gasteiger partial charge on any atom is 0.0582 e. The van der Waals surface area contributed by atoms with Gasteiger partial charge >= 0.3 is 0 Å². The third-order valence-electron chi connectivity index (χ3n) is 2.27. The maximum atomic E-state index is 6.22. The molecule has 0 bridgehead atoms. The molecule has 1 unspecified atom stereocenters. The van der Waals surface area contributed by atoms with E-state index in [-0.39, 0.29) is 6.04 Å². The van der Waals surface area contributed by atoms with Gasteiger partial charge < -0.3 is 5.73 Å². The van der Waals surface area contributed by atoms with Gasteiger partial charge in [0.2, 0.25) is 0 Å². The van der Waals surface area contributed by atoms with Gasteiger partial charge in [0, 0.05) is 19.3 Å². The molecule has 5 heteroatoms. The van der Waals surface area contributed by atoms with Crippen molar-refractivity contribution in [2.45, 2.75) is 6.04 Å². The molecule has 84 valence electrons. The summed E-state index contributed by atoms with van der Waals surface area (Å²) in [5.74, 6) is 0.